The largest absolute Gasteiger partial charge is 0.443 e. The number of aliphatic hydroxyl groups excluding tert-OH is 1. The van der Waals surface area contributed by atoms with Crippen molar-refractivity contribution in [2.24, 2.45) is 5.73 Å². The second kappa shape index (κ2) is 6.59. The first kappa shape index (κ1) is 9.47. The predicted octanol–water partition coefficient (Wildman–Crippen LogP) is 0.985. The number of rotatable bonds is 1. The van der Waals surface area contributed by atoms with Crippen molar-refractivity contribution >= 4 is 0 Å². The zero-order chi connectivity index (χ0) is 8.53. The highest BCUT2D eigenvalue weighted by Crippen LogP contribution is 1.94. The van der Waals surface area contributed by atoms with Crippen LogP contribution in [0.2, 0.25) is 0 Å². The maximum atomic E-state index is 6.88. The minimum Gasteiger partial charge on any atom is -0.443 e. The van der Waals surface area contributed by atoms with Crippen LogP contribution in [0.5, 0.6) is 0 Å². The molecule has 0 aliphatic heterocycles. The van der Waals surface area contributed by atoms with Crippen molar-refractivity contribution in [3.8, 4) is 6.26 Å². The molecule has 0 spiro atoms. The van der Waals surface area contributed by atoms with Crippen LogP contribution in [0.3, 0.4) is 0 Å². The summed E-state index contributed by atoms with van der Waals surface area (Å²) in [5, 5.41) is 13.8. The number of hydrogen-bond acceptors (Lipinski definition) is 3. The first-order valence-electron chi connectivity index (χ1n) is 3.12. The third-order valence-corrected chi connectivity index (χ3v) is 1.08. The third-order valence-electron chi connectivity index (χ3n) is 1.08. The van der Waals surface area contributed by atoms with Crippen molar-refractivity contribution in [3.05, 3.63) is 35.9 Å². The van der Waals surface area contributed by atoms with E-state index in [0.29, 0.717) is 6.54 Å². The lowest BCUT2D eigenvalue weighted by molar-refractivity contribution is 0.503. The second-order valence-corrected chi connectivity index (χ2v) is 1.79. The van der Waals surface area contributed by atoms with E-state index in [0.717, 1.165) is 6.26 Å². The Bertz CT molecular complexity index is 215. The summed E-state index contributed by atoms with van der Waals surface area (Å²) < 4.78 is 0. The maximum Gasteiger partial charge on any atom is 0.283 e. The van der Waals surface area contributed by atoms with Gasteiger partial charge in [0.1, 0.15) is 0 Å². The molecular weight excluding hydrogens is 140 g/mol. The van der Waals surface area contributed by atoms with Gasteiger partial charge >= 0.3 is 0 Å². The Morgan fingerprint density at radius 2 is 1.82 bits per heavy atom. The highest BCUT2D eigenvalue weighted by Gasteiger charge is 1.80. The Kier molecular flexibility index (Phi) is 5.67. The third kappa shape index (κ3) is 4.94. The molecule has 0 saturated heterocycles. The first-order chi connectivity index (χ1) is 5.35. The van der Waals surface area contributed by atoms with Crippen LogP contribution < -0.4 is 5.73 Å². The summed E-state index contributed by atoms with van der Waals surface area (Å²) in [4.78, 5) is 0. The van der Waals surface area contributed by atoms with Crippen molar-refractivity contribution in [1.29, 1.82) is 5.26 Å². The van der Waals surface area contributed by atoms with Gasteiger partial charge in [-0.1, -0.05) is 30.3 Å². The average Bonchev–Trinajstić information content (AvgIpc) is 2.08. The molecule has 0 bridgehead atoms. The minimum absolute atomic E-state index is 0.640. The van der Waals surface area contributed by atoms with Gasteiger partial charge in [-0.2, -0.15) is 5.26 Å². The molecule has 3 N–H and O–H groups in total. The van der Waals surface area contributed by atoms with E-state index >= 15 is 0 Å². The zero-order valence-electron chi connectivity index (χ0n) is 6.07. The lowest BCUT2D eigenvalue weighted by Crippen LogP contribution is -1.94. The molecule has 0 unspecified atom stereocenters. The van der Waals surface area contributed by atoms with Crippen molar-refractivity contribution in [2.75, 3.05) is 0 Å². The van der Waals surface area contributed by atoms with Gasteiger partial charge in [-0.3, -0.25) is 0 Å². The van der Waals surface area contributed by atoms with Crippen molar-refractivity contribution < 1.29 is 5.11 Å². The van der Waals surface area contributed by atoms with Crippen LogP contribution in [0.15, 0.2) is 30.3 Å². The molecule has 0 aliphatic carbocycles. The summed E-state index contributed by atoms with van der Waals surface area (Å²) in [5.74, 6) is 0. The van der Waals surface area contributed by atoms with Crippen molar-refractivity contribution in [2.45, 2.75) is 6.54 Å². The predicted molar refractivity (Wildman–Crippen MR) is 41.9 cm³/mol. The lowest BCUT2D eigenvalue weighted by Gasteiger charge is -1.90. The molecular formula is C8H10N2O. The topological polar surface area (TPSA) is 70.0 Å². The van der Waals surface area contributed by atoms with E-state index in [2.05, 4.69) is 0 Å². The summed E-state index contributed by atoms with van der Waals surface area (Å²) in [5.41, 5.74) is 6.54. The molecule has 3 nitrogen and oxygen atoms in total. The second-order valence-electron chi connectivity index (χ2n) is 1.79. The average molecular weight is 150 g/mol. The highest BCUT2D eigenvalue weighted by molar-refractivity contribution is 5.13. The molecule has 58 valence electrons. The van der Waals surface area contributed by atoms with Gasteiger partial charge in [-0.05, 0) is 5.56 Å². The summed E-state index contributed by atoms with van der Waals surface area (Å²) in [6, 6.07) is 9.99. The number of aliphatic hydroxyl groups is 1. The minimum atomic E-state index is 0.640. The van der Waals surface area contributed by atoms with Crippen molar-refractivity contribution in [3.63, 3.8) is 0 Å². The smallest absolute Gasteiger partial charge is 0.283 e. The fourth-order valence-electron chi connectivity index (χ4n) is 0.614. The van der Waals surface area contributed by atoms with E-state index < -0.39 is 0 Å². The normalized spacial score (nSPS) is 7.27. The van der Waals surface area contributed by atoms with Crippen LogP contribution in [0.25, 0.3) is 0 Å². The number of hydrogen-bond donors (Lipinski definition) is 2. The first-order valence-corrected chi connectivity index (χ1v) is 3.12. The quantitative estimate of drug-likeness (QED) is 0.586. The fraction of sp³-hybridized carbons (Fsp3) is 0.125. The molecule has 0 saturated carbocycles. The van der Waals surface area contributed by atoms with Crippen LogP contribution in [0, 0.1) is 11.5 Å². The van der Waals surface area contributed by atoms with Crippen LogP contribution in [0.1, 0.15) is 5.56 Å². The number of nitriles is 1. The van der Waals surface area contributed by atoms with Crippen LogP contribution >= 0.6 is 0 Å². The summed E-state index contributed by atoms with van der Waals surface area (Å²) >= 11 is 0. The van der Waals surface area contributed by atoms with E-state index in [1.807, 2.05) is 30.3 Å². The van der Waals surface area contributed by atoms with Gasteiger partial charge in [0.25, 0.3) is 6.26 Å². The molecule has 1 aromatic rings. The standard InChI is InChI=1S/C7H9N.CHNO/c8-6-7-4-2-1-3-5-7;2-1-3/h1-5H,6,8H2;3H. The zero-order valence-corrected chi connectivity index (χ0v) is 6.07. The maximum absolute atomic E-state index is 6.88. The molecule has 11 heavy (non-hydrogen) atoms. The van der Waals surface area contributed by atoms with Crippen LogP contribution in [-0.4, -0.2) is 5.11 Å². The molecule has 0 aromatic heterocycles. The van der Waals surface area contributed by atoms with E-state index in [1.54, 1.807) is 0 Å². The van der Waals surface area contributed by atoms with Gasteiger partial charge in [0, 0.05) is 6.54 Å². The fourth-order valence-corrected chi connectivity index (χ4v) is 0.614. The summed E-state index contributed by atoms with van der Waals surface area (Å²) in [7, 11) is 0. The Morgan fingerprint density at radius 3 is 2.09 bits per heavy atom. The van der Waals surface area contributed by atoms with E-state index in [-0.39, 0.29) is 0 Å². The molecule has 1 aromatic carbocycles. The molecule has 3 heteroatoms. The van der Waals surface area contributed by atoms with Crippen molar-refractivity contribution in [1.82, 2.24) is 0 Å². The molecule has 0 amide bonds. The van der Waals surface area contributed by atoms with Gasteiger partial charge < -0.3 is 10.8 Å². The highest BCUT2D eigenvalue weighted by atomic mass is 16.2. The molecule has 0 atom stereocenters. The molecule has 0 fully saturated rings. The Morgan fingerprint density at radius 1 is 1.36 bits per heavy atom. The van der Waals surface area contributed by atoms with Crippen LogP contribution in [-0.2, 0) is 6.54 Å². The summed E-state index contributed by atoms with van der Waals surface area (Å²) in [6.07, 6.45) is 0.750. The van der Waals surface area contributed by atoms with Gasteiger partial charge in [0.05, 0.1) is 0 Å². The summed E-state index contributed by atoms with van der Waals surface area (Å²) in [6.45, 7) is 0.640. The van der Waals surface area contributed by atoms with Crippen LogP contribution in [0.4, 0.5) is 0 Å². The van der Waals surface area contributed by atoms with Gasteiger partial charge in [0.15, 0.2) is 0 Å². The van der Waals surface area contributed by atoms with E-state index in [4.69, 9.17) is 16.1 Å². The van der Waals surface area contributed by atoms with Gasteiger partial charge in [-0.25, -0.2) is 0 Å². The van der Waals surface area contributed by atoms with E-state index in [9.17, 15) is 0 Å². The number of benzene rings is 1. The number of nitrogens with two attached hydrogens (primary N) is 1. The van der Waals surface area contributed by atoms with Gasteiger partial charge in [-0.15, -0.1) is 0 Å². The SMILES string of the molecule is N#CO.NCc1ccccc1. The molecule has 0 radical (unpaired) electrons. The number of nitrogens with zero attached hydrogens (tertiary/aromatic N) is 1. The molecule has 1 rings (SSSR count). The molecule has 0 aliphatic rings. The van der Waals surface area contributed by atoms with E-state index in [1.165, 1.54) is 5.56 Å². The Balaban J connectivity index is 0.000000292. The Labute approximate surface area is 65.7 Å². The monoisotopic (exact) mass is 150 g/mol. The Hall–Kier alpha value is -1.53. The molecule has 0 heterocycles. The van der Waals surface area contributed by atoms with Gasteiger partial charge in [0.2, 0.25) is 0 Å². The lowest BCUT2D eigenvalue weighted by atomic mass is 10.2.